The molecule has 0 saturated carbocycles. The molecule has 3 nitrogen and oxygen atoms in total. The van der Waals surface area contributed by atoms with Gasteiger partial charge in [-0.15, -0.1) is 0 Å². The topological polar surface area (TPSA) is 64.9 Å². The van der Waals surface area contributed by atoms with Crippen LogP contribution in [0, 0.1) is 20.8 Å². The van der Waals surface area contributed by atoms with E-state index < -0.39 is 0 Å². The van der Waals surface area contributed by atoms with Crippen LogP contribution in [-0.2, 0) is 0 Å². The molecule has 19 heavy (non-hydrogen) atoms. The first-order chi connectivity index (χ1) is 8.91. The third-order valence-corrected chi connectivity index (χ3v) is 4.62. The molecule has 1 aromatic heterocycles. The number of halogens is 1. The second kappa shape index (κ2) is 5.31. The first kappa shape index (κ1) is 14.0. The maximum absolute atomic E-state index is 6.37. The lowest BCUT2D eigenvalue weighted by atomic mass is 9.94. The Morgan fingerprint density at radius 2 is 1.68 bits per heavy atom. The SMILES string of the molecule is Cc1cc(C(N)c2c(C)ccnc2N)cc(C)c1Br. The van der Waals surface area contributed by atoms with E-state index in [4.69, 9.17) is 11.5 Å². The second-order valence-electron chi connectivity index (χ2n) is 4.87. The molecule has 0 bridgehead atoms. The summed E-state index contributed by atoms with van der Waals surface area (Å²) in [6.45, 7) is 6.13. The van der Waals surface area contributed by atoms with Gasteiger partial charge in [0.05, 0.1) is 6.04 Å². The summed E-state index contributed by atoms with van der Waals surface area (Å²) in [4.78, 5) is 4.14. The van der Waals surface area contributed by atoms with E-state index >= 15 is 0 Å². The maximum Gasteiger partial charge on any atom is 0.128 e. The Morgan fingerprint density at radius 1 is 1.11 bits per heavy atom. The van der Waals surface area contributed by atoms with Gasteiger partial charge in [0, 0.05) is 16.2 Å². The molecule has 0 aliphatic rings. The molecular weight excluding hydrogens is 302 g/mol. The van der Waals surface area contributed by atoms with Gasteiger partial charge in [-0.3, -0.25) is 0 Å². The molecule has 1 unspecified atom stereocenters. The van der Waals surface area contributed by atoms with Gasteiger partial charge in [-0.05, 0) is 49.1 Å². The molecule has 0 fully saturated rings. The zero-order valence-corrected chi connectivity index (χ0v) is 13.0. The van der Waals surface area contributed by atoms with Gasteiger partial charge in [0.2, 0.25) is 0 Å². The van der Waals surface area contributed by atoms with Crippen molar-refractivity contribution in [2.24, 2.45) is 5.73 Å². The van der Waals surface area contributed by atoms with Crippen molar-refractivity contribution in [1.29, 1.82) is 0 Å². The predicted octanol–water partition coefficient (Wildman–Crippen LogP) is 3.40. The molecule has 4 heteroatoms. The summed E-state index contributed by atoms with van der Waals surface area (Å²) < 4.78 is 1.12. The minimum atomic E-state index is -0.251. The Bertz CT molecular complexity index is 580. The van der Waals surface area contributed by atoms with Crippen molar-refractivity contribution in [2.75, 3.05) is 5.73 Å². The monoisotopic (exact) mass is 319 g/mol. The van der Waals surface area contributed by atoms with Crippen molar-refractivity contribution in [1.82, 2.24) is 4.98 Å². The van der Waals surface area contributed by atoms with Crippen molar-refractivity contribution < 1.29 is 0 Å². The normalized spacial score (nSPS) is 12.5. The molecule has 0 saturated heterocycles. The van der Waals surface area contributed by atoms with Gasteiger partial charge >= 0.3 is 0 Å². The van der Waals surface area contributed by atoms with Crippen LogP contribution in [0.5, 0.6) is 0 Å². The van der Waals surface area contributed by atoms with Gasteiger partial charge in [0.15, 0.2) is 0 Å². The highest BCUT2D eigenvalue weighted by Gasteiger charge is 2.16. The standard InChI is InChI=1S/C15H18BrN3/c1-8-4-5-19-15(18)12(8)14(17)11-6-9(2)13(16)10(3)7-11/h4-7,14H,17H2,1-3H3,(H2,18,19). The molecule has 1 atom stereocenters. The number of hydrogen-bond acceptors (Lipinski definition) is 3. The fourth-order valence-electron chi connectivity index (χ4n) is 2.32. The number of aryl methyl sites for hydroxylation is 3. The van der Waals surface area contributed by atoms with Crippen LogP contribution in [-0.4, -0.2) is 4.98 Å². The van der Waals surface area contributed by atoms with E-state index in [0.29, 0.717) is 5.82 Å². The van der Waals surface area contributed by atoms with Crippen LogP contribution in [0.25, 0.3) is 0 Å². The average Bonchev–Trinajstić information content (AvgIpc) is 2.35. The highest BCUT2D eigenvalue weighted by molar-refractivity contribution is 9.10. The number of anilines is 1. The third kappa shape index (κ3) is 2.65. The molecule has 100 valence electrons. The Balaban J connectivity index is 2.53. The molecule has 2 rings (SSSR count). The highest BCUT2D eigenvalue weighted by Crippen LogP contribution is 2.30. The summed E-state index contributed by atoms with van der Waals surface area (Å²) >= 11 is 3.57. The Hall–Kier alpha value is -1.39. The molecular formula is C15H18BrN3. The zero-order valence-electron chi connectivity index (χ0n) is 11.4. The number of nitrogen functional groups attached to an aromatic ring is 1. The van der Waals surface area contributed by atoms with Gasteiger partial charge < -0.3 is 11.5 Å². The maximum atomic E-state index is 6.37. The van der Waals surface area contributed by atoms with Gasteiger partial charge in [0.25, 0.3) is 0 Å². The minimum Gasteiger partial charge on any atom is -0.383 e. The predicted molar refractivity (Wildman–Crippen MR) is 83.0 cm³/mol. The van der Waals surface area contributed by atoms with Crippen molar-refractivity contribution in [2.45, 2.75) is 26.8 Å². The first-order valence-electron chi connectivity index (χ1n) is 6.15. The molecule has 0 spiro atoms. The first-order valence-corrected chi connectivity index (χ1v) is 6.94. The van der Waals surface area contributed by atoms with Crippen molar-refractivity contribution in [3.05, 3.63) is 56.7 Å². The van der Waals surface area contributed by atoms with Gasteiger partial charge in [-0.2, -0.15) is 0 Å². The van der Waals surface area contributed by atoms with Gasteiger partial charge in [-0.25, -0.2) is 4.98 Å². The van der Waals surface area contributed by atoms with Crippen molar-refractivity contribution >= 4 is 21.7 Å². The van der Waals surface area contributed by atoms with Crippen LogP contribution in [0.1, 0.15) is 33.9 Å². The Kier molecular flexibility index (Phi) is 3.92. The molecule has 0 aliphatic heterocycles. The van der Waals surface area contributed by atoms with Crippen LogP contribution in [0.3, 0.4) is 0 Å². The smallest absolute Gasteiger partial charge is 0.128 e. The number of pyridine rings is 1. The molecule has 1 aromatic carbocycles. The second-order valence-corrected chi connectivity index (χ2v) is 5.67. The minimum absolute atomic E-state index is 0.251. The quantitative estimate of drug-likeness (QED) is 0.891. The lowest BCUT2D eigenvalue weighted by Crippen LogP contribution is -2.16. The fraction of sp³-hybridized carbons (Fsp3) is 0.267. The largest absolute Gasteiger partial charge is 0.383 e. The highest BCUT2D eigenvalue weighted by atomic mass is 79.9. The van der Waals surface area contributed by atoms with E-state index in [2.05, 4.69) is 46.9 Å². The van der Waals surface area contributed by atoms with Gasteiger partial charge in [-0.1, -0.05) is 28.1 Å². The summed E-state index contributed by atoms with van der Waals surface area (Å²) in [5.41, 5.74) is 17.7. The van der Waals surface area contributed by atoms with E-state index in [1.54, 1.807) is 6.20 Å². The molecule has 0 radical (unpaired) electrons. The Labute approximate surface area is 122 Å². The molecule has 1 heterocycles. The molecule has 2 aromatic rings. The molecule has 0 aliphatic carbocycles. The van der Waals surface area contributed by atoms with E-state index in [9.17, 15) is 0 Å². The molecule has 4 N–H and O–H groups in total. The van der Waals surface area contributed by atoms with Crippen LogP contribution in [0.4, 0.5) is 5.82 Å². The number of nitrogens with zero attached hydrogens (tertiary/aromatic N) is 1. The van der Waals surface area contributed by atoms with Crippen LogP contribution in [0.15, 0.2) is 28.9 Å². The number of aromatic nitrogens is 1. The van der Waals surface area contributed by atoms with E-state index in [-0.39, 0.29) is 6.04 Å². The third-order valence-electron chi connectivity index (χ3n) is 3.37. The van der Waals surface area contributed by atoms with Crippen molar-refractivity contribution in [3.8, 4) is 0 Å². The van der Waals surface area contributed by atoms with Crippen molar-refractivity contribution in [3.63, 3.8) is 0 Å². The van der Waals surface area contributed by atoms with E-state index in [0.717, 1.165) is 21.2 Å². The summed E-state index contributed by atoms with van der Waals surface area (Å²) in [5, 5.41) is 0. The lowest BCUT2D eigenvalue weighted by Gasteiger charge is -2.18. The summed E-state index contributed by atoms with van der Waals surface area (Å²) in [6, 6.07) is 5.87. The van der Waals surface area contributed by atoms with E-state index in [1.807, 2.05) is 13.0 Å². The average molecular weight is 320 g/mol. The summed E-state index contributed by atoms with van der Waals surface area (Å²) in [7, 11) is 0. The number of hydrogen-bond donors (Lipinski definition) is 2. The molecule has 0 amide bonds. The summed E-state index contributed by atoms with van der Waals surface area (Å²) in [5.74, 6) is 0.505. The van der Waals surface area contributed by atoms with Gasteiger partial charge in [0.1, 0.15) is 5.82 Å². The number of benzene rings is 1. The summed E-state index contributed by atoms with van der Waals surface area (Å²) in [6.07, 6.45) is 1.71. The number of rotatable bonds is 2. The van der Waals surface area contributed by atoms with Crippen LogP contribution in [0.2, 0.25) is 0 Å². The van der Waals surface area contributed by atoms with Crippen LogP contribution < -0.4 is 11.5 Å². The van der Waals surface area contributed by atoms with Crippen LogP contribution >= 0.6 is 15.9 Å². The zero-order chi connectivity index (χ0) is 14.2. The Morgan fingerprint density at radius 3 is 2.21 bits per heavy atom. The van der Waals surface area contributed by atoms with E-state index in [1.165, 1.54) is 11.1 Å². The number of nitrogens with two attached hydrogens (primary N) is 2. The fourth-order valence-corrected chi connectivity index (χ4v) is 2.55. The lowest BCUT2D eigenvalue weighted by molar-refractivity contribution is 0.853.